The summed E-state index contributed by atoms with van der Waals surface area (Å²) in [6.07, 6.45) is 1.68. The molecule has 2 amide bonds. The molecule has 2 aromatic heterocycles. The van der Waals surface area contributed by atoms with Crippen LogP contribution in [0.1, 0.15) is 15.9 Å². The molecule has 0 unspecified atom stereocenters. The smallest absolute Gasteiger partial charge is 0.257 e. The number of anilines is 2. The second kappa shape index (κ2) is 8.79. The Morgan fingerprint density at radius 3 is 2.40 bits per heavy atom. The number of rotatable bonds is 6. The van der Waals surface area contributed by atoms with Gasteiger partial charge < -0.3 is 10.6 Å². The minimum absolute atomic E-state index is 0.142. The number of aryl methyl sites for hydroxylation is 1. The lowest BCUT2D eigenvalue weighted by atomic mass is 10.2. The molecule has 2 N–H and O–H groups in total. The number of thioether (sulfide) groups is 1. The van der Waals surface area contributed by atoms with Crippen LogP contribution < -0.4 is 10.6 Å². The normalized spacial score (nSPS) is 10.7. The number of nitrogens with zero attached hydrogens (tertiary/aromatic N) is 3. The molecule has 0 aliphatic rings. The van der Waals surface area contributed by atoms with Crippen molar-refractivity contribution >= 4 is 40.6 Å². The van der Waals surface area contributed by atoms with Crippen molar-refractivity contribution in [3.63, 3.8) is 0 Å². The van der Waals surface area contributed by atoms with Gasteiger partial charge in [-0.25, -0.2) is 0 Å². The number of pyridine rings is 1. The second-order valence-electron chi connectivity index (χ2n) is 6.65. The van der Waals surface area contributed by atoms with Gasteiger partial charge in [0.05, 0.1) is 11.3 Å². The summed E-state index contributed by atoms with van der Waals surface area (Å²) in [6, 6.07) is 20.3. The zero-order valence-electron chi connectivity index (χ0n) is 16.2. The number of carbonyl (C=O) groups is 2. The monoisotopic (exact) mass is 417 g/mol. The maximum absolute atomic E-state index is 12.6. The molecule has 4 rings (SSSR count). The molecule has 0 radical (unpaired) electrons. The van der Waals surface area contributed by atoms with Crippen LogP contribution in [0, 0.1) is 6.92 Å². The van der Waals surface area contributed by atoms with Gasteiger partial charge in [-0.15, -0.1) is 10.2 Å². The Hall–Kier alpha value is -3.65. The highest BCUT2D eigenvalue weighted by Crippen LogP contribution is 2.19. The van der Waals surface area contributed by atoms with E-state index in [0.29, 0.717) is 16.4 Å². The number of amides is 2. The molecule has 8 heteroatoms. The van der Waals surface area contributed by atoms with E-state index < -0.39 is 0 Å². The van der Waals surface area contributed by atoms with Gasteiger partial charge in [0.15, 0.2) is 10.8 Å². The molecular formula is C22H19N5O2S. The summed E-state index contributed by atoms with van der Waals surface area (Å²) in [7, 11) is 0. The first-order valence-corrected chi connectivity index (χ1v) is 10.3. The Morgan fingerprint density at radius 1 is 0.900 bits per heavy atom. The van der Waals surface area contributed by atoms with Crippen molar-refractivity contribution in [2.45, 2.75) is 12.1 Å². The average Bonchev–Trinajstić information content (AvgIpc) is 3.17. The molecular weight excluding hydrogens is 398 g/mol. The van der Waals surface area contributed by atoms with Gasteiger partial charge in [-0.2, -0.15) is 0 Å². The third-order valence-corrected chi connectivity index (χ3v) is 5.28. The number of hydrogen-bond donors (Lipinski definition) is 2. The van der Waals surface area contributed by atoms with E-state index in [1.165, 1.54) is 11.8 Å². The molecule has 0 atom stereocenters. The molecule has 30 heavy (non-hydrogen) atoms. The van der Waals surface area contributed by atoms with Crippen molar-refractivity contribution < 1.29 is 9.59 Å². The topological polar surface area (TPSA) is 88.4 Å². The molecule has 150 valence electrons. The highest BCUT2D eigenvalue weighted by Gasteiger charge is 2.13. The minimum Gasteiger partial charge on any atom is -0.325 e. The summed E-state index contributed by atoms with van der Waals surface area (Å²) in [5.74, 6) is -0.196. The molecule has 0 bridgehead atoms. The summed E-state index contributed by atoms with van der Waals surface area (Å²) in [5.41, 5.74) is 3.66. The molecule has 0 saturated heterocycles. The molecule has 2 heterocycles. The van der Waals surface area contributed by atoms with Crippen LogP contribution in [0.5, 0.6) is 0 Å². The second-order valence-corrected chi connectivity index (χ2v) is 7.59. The lowest BCUT2D eigenvalue weighted by Gasteiger charge is -2.07. The fourth-order valence-corrected chi connectivity index (χ4v) is 3.51. The van der Waals surface area contributed by atoms with E-state index in [0.717, 1.165) is 16.9 Å². The molecule has 0 saturated carbocycles. The number of fused-ring (bicyclic) bond motifs is 1. The lowest BCUT2D eigenvalue weighted by molar-refractivity contribution is -0.113. The van der Waals surface area contributed by atoms with Crippen LogP contribution in [0.2, 0.25) is 0 Å². The van der Waals surface area contributed by atoms with Crippen molar-refractivity contribution in [2.75, 3.05) is 16.4 Å². The summed E-state index contributed by atoms with van der Waals surface area (Å²) < 4.78 is 1.71. The Labute approximate surface area is 177 Å². The van der Waals surface area contributed by atoms with Gasteiger partial charge in [-0.3, -0.25) is 14.0 Å². The van der Waals surface area contributed by atoms with E-state index >= 15 is 0 Å². The Morgan fingerprint density at radius 2 is 1.63 bits per heavy atom. The maximum Gasteiger partial charge on any atom is 0.257 e. The first-order valence-electron chi connectivity index (χ1n) is 9.29. The van der Waals surface area contributed by atoms with Gasteiger partial charge >= 0.3 is 0 Å². The first kappa shape index (κ1) is 19.7. The molecule has 0 aliphatic carbocycles. The van der Waals surface area contributed by atoms with Crippen molar-refractivity contribution in [2.24, 2.45) is 0 Å². The van der Waals surface area contributed by atoms with Gasteiger partial charge in [0.1, 0.15) is 0 Å². The largest absolute Gasteiger partial charge is 0.325 e. The van der Waals surface area contributed by atoms with Crippen molar-refractivity contribution in [1.29, 1.82) is 0 Å². The third kappa shape index (κ3) is 4.66. The minimum atomic E-state index is -0.229. The van der Waals surface area contributed by atoms with Crippen molar-refractivity contribution in [1.82, 2.24) is 14.6 Å². The van der Waals surface area contributed by atoms with Crippen LogP contribution in [0.15, 0.2) is 78.1 Å². The summed E-state index contributed by atoms with van der Waals surface area (Å²) in [5, 5.41) is 14.5. The number of aromatic nitrogens is 3. The Bertz CT molecular complexity index is 1190. The Kier molecular flexibility index (Phi) is 5.76. The average molecular weight is 417 g/mol. The lowest BCUT2D eigenvalue weighted by Crippen LogP contribution is -2.14. The predicted octanol–water partition coefficient (Wildman–Crippen LogP) is 4.02. The van der Waals surface area contributed by atoms with Crippen LogP contribution in [0.25, 0.3) is 5.65 Å². The van der Waals surface area contributed by atoms with E-state index in [1.54, 1.807) is 22.7 Å². The maximum atomic E-state index is 12.6. The van der Waals surface area contributed by atoms with Crippen molar-refractivity contribution in [3.8, 4) is 0 Å². The van der Waals surface area contributed by atoms with Gasteiger partial charge in [0.25, 0.3) is 5.91 Å². The molecule has 0 aliphatic heterocycles. The number of benzene rings is 2. The zero-order chi connectivity index (χ0) is 20.9. The zero-order valence-corrected chi connectivity index (χ0v) is 17.0. The van der Waals surface area contributed by atoms with E-state index in [9.17, 15) is 9.59 Å². The molecule has 2 aromatic carbocycles. The van der Waals surface area contributed by atoms with Gasteiger partial charge in [-0.05, 0) is 43.3 Å². The number of nitrogens with one attached hydrogen (secondary N) is 2. The third-order valence-electron chi connectivity index (χ3n) is 4.33. The van der Waals surface area contributed by atoms with E-state index in [1.807, 2.05) is 61.5 Å². The Balaban J connectivity index is 1.45. The number of carbonyl (C=O) groups excluding carboxylic acids is 2. The quantitative estimate of drug-likeness (QED) is 0.463. The van der Waals surface area contributed by atoms with Crippen LogP contribution in [0.4, 0.5) is 11.4 Å². The van der Waals surface area contributed by atoms with Gasteiger partial charge in [0.2, 0.25) is 5.91 Å². The summed E-state index contributed by atoms with van der Waals surface area (Å²) in [6.45, 7) is 1.99. The van der Waals surface area contributed by atoms with Crippen LogP contribution in [-0.2, 0) is 4.79 Å². The predicted molar refractivity (Wildman–Crippen MR) is 118 cm³/mol. The summed E-state index contributed by atoms with van der Waals surface area (Å²) in [4.78, 5) is 24.8. The fourth-order valence-electron chi connectivity index (χ4n) is 2.79. The number of hydrogen-bond acceptors (Lipinski definition) is 5. The van der Waals surface area contributed by atoms with E-state index in [2.05, 4.69) is 20.8 Å². The molecule has 0 spiro atoms. The molecule has 7 nitrogen and oxygen atoms in total. The number of para-hydroxylation sites is 1. The van der Waals surface area contributed by atoms with Crippen LogP contribution in [0.3, 0.4) is 0 Å². The van der Waals surface area contributed by atoms with Gasteiger partial charge in [-0.1, -0.05) is 47.7 Å². The highest BCUT2D eigenvalue weighted by atomic mass is 32.2. The summed E-state index contributed by atoms with van der Waals surface area (Å²) >= 11 is 1.26. The van der Waals surface area contributed by atoms with Crippen LogP contribution >= 0.6 is 11.8 Å². The van der Waals surface area contributed by atoms with Gasteiger partial charge in [0, 0.05) is 17.6 Å². The standard InChI is InChI=1S/C22H19N5O2S/c1-15-7-10-18(11-8-15)24-21(29)16-9-12-19-25-26-22(27(19)13-16)30-14-20(28)23-17-5-3-2-4-6-17/h2-13H,14H2,1H3,(H,23,28)(H,24,29). The van der Waals surface area contributed by atoms with E-state index in [-0.39, 0.29) is 17.6 Å². The van der Waals surface area contributed by atoms with E-state index in [4.69, 9.17) is 0 Å². The van der Waals surface area contributed by atoms with Crippen LogP contribution in [-0.4, -0.2) is 32.2 Å². The molecule has 0 fully saturated rings. The fraction of sp³-hybridized carbons (Fsp3) is 0.0909. The highest BCUT2D eigenvalue weighted by molar-refractivity contribution is 7.99. The first-order chi connectivity index (χ1) is 14.6. The van der Waals surface area contributed by atoms with Crippen molar-refractivity contribution in [3.05, 3.63) is 84.1 Å². The SMILES string of the molecule is Cc1ccc(NC(=O)c2ccc3nnc(SCC(=O)Nc4ccccc4)n3c2)cc1. The molecule has 4 aromatic rings.